The molecule has 2 heterocycles. The first-order valence-electron chi connectivity index (χ1n) is 10.1. The summed E-state index contributed by atoms with van der Waals surface area (Å²) in [5.41, 5.74) is 1.15. The van der Waals surface area contributed by atoms with Gasteiger partial charge in [-0.3, -0.25) is 14.5 Å². The first kappa shape index (κ1) is 19.8. The molecule has 0 aromatic heterocycles. The third kappa shape index (κ3) is 5.53. The van der Waals surface area contributed by atoms with Gasteiger partial charge in [-0.25, -0.2) is 0 Å². The minimum Gasteiger partial charge on any atom is -0.378 e. The van der Waals surface area contributed by atoms with E-state index in [4.69, 9.17) is 4.74 Å². The van der Waals surface area contributed by atoms with Crippen molar-refractivity contribution in [3.8, 4) is 0 Å². The number of benzene rings is 1. The van der Waals surface area contributed by atoms with E-state index in [1.807, 2.05) is 47.1 Å². The van der Waals surface area contributed by atoms with Crippen molar-refractivity contribution in [2.24, 2.45) is 5.92 Å². The molecule has 0 aliphatic carbocycles. The van der Waals surface area contributed by atoms with Gasteiger partial charge in [0.05, 0.1) is 25.7 Å². The monoisotopic (exact) mass is 373 g/mol. The quantitative estimate of drug-likeness (QED) is 0.760. The molecule has 0 radical (unpaired) electrons. The maximum Gasteiger partial charge on any atom is 0.237 e. The van der Waals surface area contributed by atoms with Gasteiger partial charge in [-0.2, -0.15) is 0 Å². The van der Waals surface area contributed by atoms with Gasteiger partial charge in [-0.1, -0.05) is 30.3 Å². The van der Waals surface area contributed by atoms with Crippen molar-refractivity contribution in [1.82, 2.24) is 14.7 Å². The maximum atomic E-state index is 12.8. The number of amides is 2. The lowest BCUT2D eigenvalue weighted by Gasteiger charge is -2.36. The summed E-state index contributed by atoms with van der Waals surface area (Å²) in [4.78, 5) is 31.5. The number of ether oxygens (including phenoxy) is 1. The van der Waals surface area contributed by atoms with Crippen LogP contribution in [0.5, 0.6) is 0 Å². The van der Waals surface area contributed by atoms with Gasteiger partial charge < -0.3 is 14.5 Å². The largest absolute Gasteiger partial charge is 0.378 e. The van der Waals surface area contributed by atoms with Crippen molar-refractivity contribution >= 4 is 11.8 Å². The number of likely N-dealkylation sites (N-methyl/N-ethyl adjacent to an activating group) is 1. The van der Waals surface area contributed by atoms with Gasteiger partial charge in [0.1, 0.15) is 0 Å². The van der Waals surface area contributed by atoms with Crippen LogP contribution < -0.4 is 0 Å². The molecule has 2 amide bonds. The van der Waals surface area contributed by atoms with Crippen LogP contribution in [0.15, 0.2) is 30.3 Å². The normalized spacial score (nSPS) is 21.1. The Balaban J connectivity index is 1.52. The molecule has 2 saturated heterocycles. The predicted molar refractivity (Wildman–Crippen MR) is 104 cm³/mol. The molecule has 27 heavy (non-hydrogen) atoms. The van der Waals surface area contributed by atoms with Crippen LogP contribution in [-0.4, -0.2) is 79.0 Å². The Kier molecular flexibility index (Phi) is 7.24. The van der Waals surface area contributed by atoms with Crippen LogP contribution in [0.1, 0.15) is 25.3 Å². The number of hydrogen-bond acceptors (Lipinski definition) is 4. The predicted octanol–water partition coefficient (Wildman–Crippen LogP) is 1.61. The topological polar surface area (TPSA) is 53.1 Å². The fourth-order valence-corrected chi connectivity index (χ4v) is 3.91. The number of rotatable bonds is 6. The summed E-state index contributed by atoms with van der Waals surface area (Å²) < 4.78 is 5.34. The SMILES string of the molecule is CCN(Cc1ccccc1)C(=O)CN1CCCC(C(=O)N2CCOCC2)C1. The average Bonchev–Trinajstić information content (AvgIpc) is 2.73. The molecule has 1 unspecified atom stereocenters. The van der Waals surface area contributed by atoms with E-state index in [2.05, 4.69) is 4.90 Å². The molecule has 0 N–H and O–H groups in total. The van der Waals surface area contributed by atoms with Crippen molar-refractivity contribution in [1.29, 1.82) is 0 Å². The standard InChI is InChI=1S/C21H31N3O3/c1-2-23(15-18-7-4-3-5-8-18)20(25)17-22-10-6-9-19(16-22)21(26)24-11-13-27-14-12-24/h3-5,7-8,19H,2,6,9-17H2,1H3. The lowest BCUT2D eigenvalue weighted by Crippen LogP contribution is -2.50. The highest BCUT2D eigenvalue weighted by molar-refractivity contribution is 5.80. The molecule has 0 spiro atoms. The molecule has 1 atom stereocenters. The highest BCUT2D eigenvalue weighted by Gasteiger charge is 2.31. The van der Waals surface area contributed by atoms with Gasteiger partial charge in [0, 0.05) is 32.7 Å². The lowest BCUT2D eigenvalue weighted by atomic mass is 9.96. The molecule has 1 aromatic carbocycles. The molecule has 2 aliphatic rings. The molecule has 3 rings (SSSR count). The molecule has 0 saturated carbocycles. The number of likely N-dealkylation sites (tertiary alicyclic amines) is 1. The number of hydrogen-bond donors (Lipinski definition) is 0. The molecule has 6 heteroatoms. The van der Waals surface area contributed by atoms with Crippen LogP contribution in [0.3, 0.4) is 0 Å². The summed E-state index contributed by atoms with van der Waals surface area (Å²) in [6.45, 7) is 7.96. The van der Waals surface area contributed by atoms with Crippen molar-refractivity contribution in [3.63, 3.8) is 0 Å². The van der Waals surface area contributed by atoms with Gasteiger partial charge in [0.2, 0.25) is 11.8 Å². The molecule has 0 bridgehead atoms. The van der Waals surface area contributed by atoms with E-state index in [-0.39, 0.29) is 17.7 Å². The molecule has 2 fully saturated rings. The lowest BCUT2D eigenvalue weighted by molar-refractivity contribution is -0.143. The van der Waals surface area contributed by atoms with Gasteiger partial charge in [-0.15, -0.1) is 0 Å². The summed E-state index contributed by atoms with van der Waals surface area (Å²) >= 11 is 0. The molecule has 1 aromatic rings. The maximum absolute atomic E-state index is 12.8. The number of morpholine rings is 1. The summed E-state index contributed by atoms with van der Waals surface area (Å²) in [6, 6.07) is 10.1. The Labute approximate surface area is 162 Å². The molecular weight excluding hydrogens is 342 g/mol. The zero-order chi connectivity index (χ0) is 19.1. The summed E-state index contributed by atoms with van der Waals surface area (Å²) in [5, 5.41) is 0. The second-order valence-electron chi connectivity index (χ2n) is 7.41. The third-order valence-corrected chi connectivity index (χ3v) is 5.49. The second kappa shape index (κ2) is 9.85. The van der Waals surface area contributed by atoms with Crippen molar-refractivity contribution in [2.45, 2.75) is 26.3 Å². The minimum absolute atomic E-state index is 0.00819. The van der Waals surface area contributed by atoms with E-state index in [1.165, 1.54) is 0 Å². The number of nitrogens with zero attached hydrogens (tertiary/aromatic N) is 3. The number of carbonyl (C=O) groups excluding carboxylic acids is 2. The first-order valence-corrected chi connectivity index (χ1v) is 10.1. The Morgan fingerprint density at radius 3 is 2.59 bits per heavy atom. The van der Waals surface area contributed by atoms with Crippen LogP contribution in [0.4, 0.5) is 0 Å². The van der Waals surface area contributed by atoms with Crippen LogP contribution in [0.25, 0.3) is 0 Å². The van der Waals surface area contributed by atoms with E-state index in [1.54, 1.807) is 0 Å². The fourth-order valence-electron chi connectivity index (χ4n) is 3.91. The fraction of sp³-hybridized carbons (Fsp3) is 0.619. The van der Waals surface area contributed by atoms with Gasteiger partial charge in [-0.05, 0) is 31.9 Å². The van der Waals surface area contributed by atoms with Crippen LogP contribution >= 0.6 is 0 Å². The Hall–Kier alpha value is -1.92. The summed E-state index contributed by atoms with van der Waals surface area (Å²) in [6.07, 6.45) is 1.89. The average molecular weight is 373 g/mol. The molecule has 6 nitrogen and oxygen atoms in total. The van der Waals surface area contributed by atoms with Gasteiger partial charge >= 0.3 is 0 Å². The van der Waals surface area contributed by atoms with E-state index < -0.39 is 0 Å². The highest BCUT2D eigenvalue weighted by atomic mass is 16.5. The van der Waals surface area contributed by atoms with Crippen LogP contribution in [0, 0.1) is 5.92 Å². The highest BCUT2D eigenvalue weighted by Crippen LogP contribution is 2.20. The molecule has 2 aliphatic heterocycles. The van der Waals surface area contributed by atoms with Crippen molar-refractivity contribution < 1.29 is 14.3 Å². The number of carbonyl (C=O) groups is 2. The van der Waals surface area contributed by atoms with Crippen molar-refractivity contribution in [2.75, 3.05) is 52.5 Å². The minimum atomic E-state index is 0.00819. The summed E-state index contributed by atoms with van der Waals surface area (Å²) in [7, 11) is 0. The van der Waals surface area contributed by atoms with E-state index in [0.29, 0.717) is 52.5 Å². The van der Waals surface area contributed by atoms with Crippen molar-refractivity contribution in [3.05, 3.63) is 35.9 Å². The van der Waals surface area contributed by atoms with E-state index in [0.717, 1.165) is 24.9 Å². The zero-order valence-electron chi connectivity index (χ0n) is 16.3. The van der Waals surface area contributed by atoms with Crippen LogP contribution in [0.2, 0.25) is 0 Å². The van der Waals surface area contributed by atoms with Gasteiger partial charge in [0.15, 0.2) is 0 Å². The van der Waals surface area contributed by atoms with E-state index in [9.17, 15) is 9.59 Å². The molecular formula is C21H31N3O3. The zero-order valence-corrected chi connectivity index (χ0v) is 16.3. The Morgan fingerprint density at radius 2 is 1.89 bits per heavy atom. The molecule has 148 valence electrons. The first-order chi connectivity index (χ1) is 13.2. The van der Waals surface area contributed by atoms with Crippen LogP contribution in [-0.2, 0) is 20.9 Å². The Morgan fingerprint density at radius 1 is 1.15 bits per heavy atom. The van der Waals surface area contributed by atoms with Gasteiger partial charge in [0.25, 0.3) is 0 Å². The third-order valence-electron chi connectivity index (χ3n) is 5.49. The Bertz CT molecular complexity index is 616. The smallest absolute Gasteiger partial charge is 0.237 e. The number of piperidine rings is 1. The summed E-state index contributed by atoms with van der Waals surface area (Å²) in [5.74, 6) is 0.377. The van der Waals surface area contributed by atoms with E-state index >= 15 is 0 Å². The second-order valence-corrected chi connectivity index (χ2v) is 7.41.